The van der Waals surface area contributed by atoms with Gasteiger partial charge < -0.3 is 15.4 Å². The number of thiophene rings is 1. The Bertz CT molecular complexity index is 836. The summed E-state index contributed by atoms with van der Waals surface area (Å²) in [7, 11) is 1.58. The van der Waals surface area contributed by atoms with Crippen LogP contribution >= 0.6 is 34.5 Å². The zero-order chi connectivity index (χ0) is 18.0. The summed E-state index contributed by atoms with van der Waals surface area (Å²) in [5.74, 6) is -0.158. The highest BCUT2D eigenvalue weighted by Crippen LogP contribution is 2.39. The number of carbonyl (C=O) groups is 2. The summed E-state index contributed by atoms with van der Waals surface area (Å²) in [6.07, 6.45) is 2.84. The normalized spacial score (nSPS) is 12.6. The van der Waals surface area contributed by atoms with E-state index in [1.54, 1.807) is 25.2 Å². The number of aryl methyl sites for hydroxylation is 1. The Morgan fingerprint density at radius 1 is 1.28 bits per heavy atom. The zero-order valence-corrected chi connectivity index (χ0v) is 15.8. The van der Waals surface area contributed by atoms with Crippen molar-refractivity contribution in [2.24, 2.45) is 0 Å². The van der Waals surface area contributed by atoms with Crippen molar-refractivity contribution in [3.05, 3.63) is 44.2 Å². The van der Waals surface area contributed by atoms with Crippen LogP contribution in [0.1, 0.15) is 27.2 Å². The van der Waals surface area contributed by atoms with Crippen LogP contribution in [0, 0.1) is 0 Å². The third-order valence-corrected chi connectivity index (χ3v) is 5.62. The average Bonchev–Trinajstić information content (AvgIpc) is 3.14. The SMILES string of the molecule is CNC(=O)c1c(NC(=O)COc2ccc(Cl)cc2Cl)sc2c1CCC2. The molecule has 1 aromatic heterocycles. The fourth-order valence-corrected chi connectivity index (χ4v) is 4.52. The summed E-state index contributed by atoms with van der Waals surface area (Å²) in [6, 6.07) is 4.78. The Hall–Kier alpha value is -1.76. The lowest BCUT2D eigenvalue weighted by Gasteiger charge is -2.10. The van der Waals surface area contributed by atoms with Crippen molar-refractivity contribution in [3.8, 4) is 5.75 Å². The summed E-state index contributed by atoms with van der Waals surface area (Å²) in [5.41, 5.74) is 1.61. The first kappa shape index (κ1) is 18.0. The van der Waals surface area contributed by atoms with Crippen molar-refractivity contribution >= 4 is 51.4 Å². The maximum absolute atomic E-state index is 12.2. The van der Waals surface area contributed by atoms with Crippen LogP contribution in [-0.2, 0) is 17.6 Å². The van der Waals surface area contributed by atoms with Crippen molar-refractivity contribution in [1.82, 2.24) is 5.32 Å². The van der Waals surface area contributed by atoms with Crippen LogP contribution in [0.15, 0.2) is 18.2 Å². The van der Waals surface area contributed by atoms with Crippen LogP contribution in [0.5, 0.6) is 5.75 Å². The molecule has 1 aliphatic rings. The minimum atomic E-state index is -0.351. The summed E-state index contributed by atoms with van der Waals surface area (Å²) < 4.78 is 5.43. The fraction of sp³-hybridized carbons (Fsp3) is 0.294. The molecule has 0 unspecified atom stereocenters. The van der Waals surface area contributed by atoms with E-state index in [-0.39, 0.29) is 18.4 Å². The van der Waals surface area contributed by atoms with E-state index in [1.165, 1.54) is 11.3 Å². The van der Waals surface area contributed by atoms with Gasteiger partial charge in [-0.3, -0.25) is 9.59 Å². The molecule has 0 aliphatic heterocycles. The number of ether oxygens (including phenoxy) is 1. The van der Waals surface area contributed by atoms with Crippen LogP contribution in [-0.4, -0.2) is 25.5 Å². The molecule has 1 heterocycles. The Kier molecular flexibility index (Phi) is 5.51. The Morgan fingerprint density at radius 2 is 2.08 bits per heavy atom. The molecule has 2 N–H and O–H groups in total. The molecule has 0 bridgehead atoms. The van der Waals surface area contributed by atoms with Gasteiger partial charge in [-0.2, -0.15) is 0 Å². The number of carbonyl (C=O) groups excluding carboxylic acids is 2. The minimum absolute atomic E-state index is 0.184. The molecule has 0 fully saturated rings. The molecule has 5 nitrogen and oxygen atoms in total. The minimum Gasteiger partial charge on any atom is -0.482 e. The molecule has 8 heteroatoms. The first-order valence-electron chi connectivity index (χ1n) is 7.74. The number of rotatable bonds is 5. The molecule has 1 aliphatic carbocycles. The number of nitrogens with one attached hydrogen (secondary N) is 2. The lowest BCUT2D eigenvalue weighted by Crippen LogP contribution is -2.24. The number of halogens is 2. The maximum Gasteiger partial charge on any atom is 0.262 e. The van der Waals surface area contributed by atoms with E-state index in [0.29, 0.717) is 26.4 Å². The van der Waals surface area contributed by atoms with E-state index >= 15 is 0 Å². The highest BCUT2D eigenvalue weighted by molar-refractivity contribution is 7.17. The molecule has 0 radical (unpaired) electrons. The molecule has 2 amide bonds. The van der Waals surface area contributed by atoms with Gasteiger partial charge in [-0.1, -0.05) is 23.2 Å². The monoisotopic (exact) mass is 398 g/mol. The van der Waals surface area contributed by atoms with Crippen molar-refractivity contribution in [1.29, 1.82) is 0 Å². The Balaban J connectivity index is 1.70. The molecule has 132 valence electrons. The molecule has 3 rings (SSSR count). The van der Waals surface area contributed by atoms with E-state index in [4.69, 9.17) is 27.9 Å². The highest BCUT2D eigenvalue weighted by Gasteiger charge is 2.26. The summed E-state index contributed by atoms with van der Waals surface area (Å²) in [4.78, 5) is 25.6. The number of benzene rings is 1. The van der Waals surface area contributed by atoms with Gasteiger partial charge in [0.15, 0.2) is 6.61 Å². The third kappa shape index (κ3) is 3.92. The predicted molar refractivity (Wildman–Crippen MR) is 100 cm³/mol. The quantitative estimate of drug-likeness (QED) is 0.801. The molecular formula is C17H16Cl2N2O3S. The highest BCUT2D eigenvalue weighted by atomic mass is 35.5. The molecule has 0 atom stereocenters. The zero-order valence-electron chi connectivity index (χ0n) is 13.4. The molecule has 0 spiro atoms. The maximum atomic E-state index is 12.2. The fourth-order valence-electron chi connectivity index (χ4n) is 2.76. The smallest absolute Gasteiger partial charge is 0.262 e. The van der Waals surface area contributed by atoms with Crippen LogP contribution < -0.4 is 15.4 Å². The number of anilines is 1. The Morgan fingerprint density at radius 3 is 2.80 bits per heavy atom. The van der Waals surface area contributed by atoms with E-state index in [0.717, 1.165) is 29.7 Å². The van der Waals surface area contributed by atoms with Gasteiger partial charge in [-0.25, -0.2) is 0 Å². The van der Waals surface area contributed by atoms with Crippen LogP contribution in [0.4, 0.5) is 5.00 Å². The van der Waals surface area contributed by atoms with Crippen molar-refractivity contribution in [3.63, 3.8) is 0 Å². The second kappa shape index (κ2) is 7.64. The number of hydrogen-bond donors (Lipinski definition) is 2. The third-order valence-electron chi connectivity index (χ3n) is 3.88. The Labute approximate surface area is 159 Å². The van der Waals surface area contributed by atoms with Crippen LogP contribution in [0.25, 0.3) is 0 Å². The standard InChI is InChI=1S/C17H16Cl2N2O3S/c1-20-16(23)15-10-3-2-4-13(10)25-17(15)21-14(22)8-24-12-6-5-9(18)7-11(12)19/h5-7H,2-4,8H2,1H3,(H,20,23)(H,21,22). The topological polar surface area (TPSA) is 67.4 Å². The van der Waals surface area contributed by atoms with E-state index in [2.05, 4.69) is 10.6 Å². The lowest BCUT2D eigenvalue weighted by molar-refractivity contribution is -0.118. The second-order valence-electron chi connectivity index (χ2n) is 5.55. The molecule has 0 saturated carbocycles. The molecule has 25 heavy (non-hydrogen) atoms. The van der Waals surface area contributed by atoms with Gasteiger partial charge in [0.05, 0.1) is 10.6 Å². The average molecular weight is 399 g/mol. The summed E-state index contributed by atoms with van der Waals surface area (Å²) >= 11 is 13.3. The molecule has 1 aromatic carbocycles. The van der Waals surface area contributed by atoms with Crippen molar-refractivity contribution < 1.29 is 14.3 Å². The van der Waals surface area contributed by atoms with Gasteiger partial charge in [0, 0.05) is 16.9 Å². The van der Waals surface area contributed by atoms with Gasteiger partial charge in [-0.05, 0) is 43.0 Å². The van der Waals surface area contributed by atoms with Gasteiger partial charge >= 0.3 is 0 Å². The summed E-state index contributed by atoms with van der Waals surface area (Å²) in [6.45, 7) is -0.211. The van der Waals surface area contributed by atoms with Gasteiger partial charge in [0.2, 0.25) is 0 Å². The molecule has 2 aromatic rings. The molecule has 0 saturated heterocycles. The van der Waals surface area contributed by atoms with Crippen molar-refractivity contribution in [2.45, 2.75) is 19.3 Å². The van der Waals surface area contributed by atoms with E-state index in [1.807, 2.05) is 0 Å². The van der Waals surface area contributed by atoms with E-state index < -0.39 is 0 Å². The number of amides is 2. The van der Waals surface area contributed by atoms with Gasteiger partial charge in [0.25, 0.3) is 11.8 Å². The van der Waals surface area contributed by atoms with Crippen LogP contribution in [0.3, 0.4) is 0 Å². The number of fused-ring (bicyclic) bond motifs is 1. The predicted octanol–water partition coefficient (Wildman–Crippen LogP) is 3.92. The first-order chi connectivity index (χ1) is 12.0. The molecular weight excluding hydrogens is 383 g/mol. The van der Waals surface area contributed by atoms with Crippen LogP contribution in [0.2, 0.25) is 10.0 Å². The first-order valence-corrected chi connectivity index (χ1v) is 9.31. The largest absolute Gasteiger partial charge is 0.482 e. The summed E-state index contributed by atoms with van der Waals surface area (Å²) in [5, 5.41) is 6.81. The second-order valence-corrected chi connectivity index (χ2v) is 7.50. The number of hydrogen-bond acceptors (Lipinski definition) is 4. The van der Waals surface area contributed by atoms with Gasteiger partial charge in [0.1, 0.15) is 10.8 Å². The lowest BCUT2D eigenvalue weighted by atomic mass is 10.1. The van der Waals surface area contributed by atoms with Crippen molar-refractivity contribution in [2.75, 3.05) is 19.0 Å². The van der Waals surface area contributed by atoms with E-state index in [9.17, 15) is 9.59 Å². The van der Waals surface area contributed by atoms with Gasteiger partial charge in [-0.15, -0.1) is 11.3 Å².